The molecular formula is C20H25N3. The van der Waals surface area contributed by atoms with Crippen LogP contribution in [0.3, 0.4) is 0 Å². The number of nitrogens with zero attached hydrogens (tertiary/aromatic N) is 1. The van der Waals surface area contributed by atoms with Gasteiger partial charge in [-0.15, -0.1) is 0 Å². The maximum absolute atomic E-state index is 6.37. The molecule has 0 bridgehead atoms. The van der Waals surface area contributed by atoms with Crippen molar-refractivity contribution in [1.82, 2.24) is 10.2 Å². The number of allylic oxidation sites excluding steroid dienone is 3. The van der Waals surface area contributed by atoms with Crippen LogP contribution in [0, 0.1) is 0 Å². The molecule has 1 aliphatic heterocycles. The Hall–Kier alpha value is -2.26. The monoisotopic (exact) mass is 307 g/mol. The summed E-state index contributed by atoms with van der Waals surface area (Å²) in [5.74, 6) is 0. The van der Waals surface area contributed by atoms with E-state index in [2.05, 4.69) is 60.1 Å². The van der Waals surface area contributed by atoms with Gasteiger partial charge in [-0.2, -0.15) is 0 Å². The predicted octanol–water partition coefficient (Wildman–Crippen LogP) is 3.75. The maximum atomic E-state index is 6.37. The minimum Gasteiger partial charge on any atom is -0.400 e. The molecule has 0 saturated heterocycles. The van der Waals surface area contributed by atoms with Crippen LogP contribution in [0.5, 0.6) is 0 Å². The zero-order chi connectivity index (χ0) is 16.2. The van der Waals surface area contributed by atoms with E-state index in [0.717, 1.165) is 55.0 Å². The van der Waals surface area contributed by atoms with Crippen molar-refractivity contribution in [2.75, 3.05) is 13.1 Å². The first-order valence-electron chi connectivity index (χ1n) is 8.27. The van der Waals surface area contributed by atoms with Crippen molar-refractivity contribution >= 4 is 5.70 Å². The van der Waals surface area contributed by atoms with Crippen molar-refractivity contribution in [1.29, 1.82) is 0 Å². The summed E-state index contributed by atoms with van der Waals surface area (Å²) < 4.78 is 0. The lowest BCUT2D eigenvalue weighted by atomic mass is 9.98. The van der Waals surface area contributed by atoms with Crippen molar-refractivity contribution in [3.63, 3.8) is 0 Å². The maximum Gasteiger partial charge on any atom is 0.0645 e. The normalized spacial score (nSPS) is 18.3. The Bertz CT molecular complexity index is 680. The Kier molecular flexibility index (Phi) is 4.68. The summed E-state index contributed by atoms with van der Waals surface area (Å²) in [7, 11) is 0. The van der Waals surface area contributed by atoms with Crippen LogP contribution in [-0.2, 0) is 0 Å². The highest BCUT2D eigenvalue weighted by atomic mass is 15.2. The summed E-state index contributed by atoms with van der Waals surface area (Å²) in [5.41, 5.74) is 13.2. The Labute approximate surface area is 138 Å². The quantitative estimate of drug-likeness (QED) is 0.890. The first kappa shape index (κ1) is 15.6. The topological polar surface area (TPSA) is 41.3 Å². The van der Waals surface area contributed by atoms with E-state index < -0.39 is 0 Å². The molecular weight excluding hydrogens is 282 g/mol. The highest BCUT2D eigenvalue weighted by Crippen LogP contribution is 2.34. The minimum atomic E-state index is 0.893. The molecule has 0 atom stereocenters. The molecule has 0 fully saturated rings. The van der Waals surface area contributed by atoms with E-state index in [1.54, 1.807) is 0 Å². The third-order valence-electron chi connectivity index (χ3n) is 4.45. The van der Waals surface area contributed by atoms with Gasteiger partial charge in [0.2, 0.25) is 0 Å². The zero-order valence-electron chi connectivity index (χ0n) is 13.8. The van der Waals surface area contributed by atoms with Gasteiger partial charge in [-0.3, -0.25) is 0 Å². The van der Waals surface area contributed by atoms with Crippen LogP contribution in [0.15, 0.2) is 71.7 Å². The lowest BCUT2D eigenvalue weighted by Crippen LogP contribution is -2.30. The summed E-state index contributed by atoms with van der Waals surface area (Å²) >= 11 is 0. The molecule has 0 unspecified atom stereocenters. The number of nitrogens with one attached hydrogen (secondary N) is 1. The molecule has 3 heteroatoms. The largest absolute Gasteiger partial charge is 0.400 e. The standard InChI is InChI=1S/C20H25N3/c1-15-8-9-19(21)20(14-15)23(18-10-12-22-13-11-18)16(2)17-6-4-3-5-7-17/h3-7,10,14,22H,2,8-9,11-13,21H2,1H3. The highest BCUT2D eigenvalue weighted by Gasteiger charge is 2.23. The summed E-state index contributed by atoms with van der Waals surface area (Å²) in [6.07, 6.45) is 7.41. The molecule has 23 heavy (non-hydrogen) atoms. The summed E-state index contributed by atoms with van der Waals surface area (Å²) in [6, 6.07) is 10.3. The van der Waals surface area contributed by atoms with Crippen molar-refractivity contribution in [3.05, 3.63) is 77.3 Å². The fourth-order valence-electron chi connectivity index (χ4n) is 3.11. The predicted molar refractivity (Wildman–Crippen MR) is 97.1 cm³/mol. The summed E-state index contributed by atoms with van der Waals surface area (Å²) in [4.78, 5) is 2.26. The van der Waals surface area contributed by atoms with Crippen LogP contribution in [-0.4, -0.2) is 18.0 Å². The van der Waals surface area contributed by atoms with E-state index in [-0.39, 0.29) is 0 Å². The molecule has 0 amide bonds. The smallest absolute Gasteiger partial charge is 0.0645 e. The van der Waals surface area contributed by atoms with Crippen molar-refractivity contribution in [2.45, 2.75) is 26.2 Å². The van der Waals surface area contributed by atoms with E-state index in [1.165, 1.54) is 11.3 Å². The second-order valence-corrected chi connectivity index (χ2v) is 6.20. The van der Waals surface area contributed by atoms with Gasteiger partial charge in [0, 0.05) is 36.6 Å². The van der Waals surface area contributed by atoms with Crippen LogP contribution < -0.4 is 11.1 Å². The Balaban J connectivity index is 2.04. The van der Waals surface area contributed by atoms with E-state index in [1.807, 2.05) is 6.07 Å². The molecule has 3 rings (SSSR count). The van der Waals surface area contributed by atoms with E-state index in [0.29, 0.717) is 0 Å². The molecule has 2 aliphatic rings. The van der Waals surface area contributed by atoms with Crippen molar-refractivity contribution in [3.8, 4) is 0 Å². The molecule has 3 N–H and O–H groups in total. The van der Waals surface area contributed by atoms with Crippen molar-refractivity contribution < 1.29 is 0 Å². The molecule has 1 aromatic rings. The fourth-order valence-corrected chi connectivity index (χ4v) is 3.11. The molecule has 120 valence electrons. The first-order valence-corrected chi connectivity index (χ1v) is 8.27. The van der Waals surface area contributed by atoms with Gasteiger partial charge in [-0.1, -0.05) is 48.6 Å². The summed E-state index contributed by atoms with van der Waals surface area (Å²) in [5, 5.41) is 3.38. The molecule has 0 radical (unpaired) electrons. The first-order chi connectivity index (χ1) is 11.2. The van der Waals surface area contributed by atoms with Crippen LogP contribution in [0.25, 0.3) is 5.70 Å². The van der Waals surface area contributed by atoms with Crippen LogP contribution >= 0.6 is 0 Å². The van der Waals surface area contributed by atoms with E-state index in [9.17, 15) is 0 Å². The number of nitrogens with two attached hydrogens (primary N) is 1. The SMILES string of the molecule is C=C(c1ccccc1)N(C1=CCNCC1)C1=C(N)CCC(C)=C1. The molecule has 0 aromatic heterocycles. The molecule has 1 aliphatic carbocycles. The Morgan fingerprint density at radius 1 is 1.17 bits per heavy atom. The molecule has 1 heterocycles. The van der Waals surface area contributed by atoms with Crippen molar-refractivity contribution in [2.24, 2.45) is 5.73 Å². The Morgan fingerprint density at radius 3 is 2.65 bits per heavy atom. The number of rotatable bonds is 4. The van der Waals surface area contributed by atoms with Crippen LogP contribution in [0.4, 0.5) is 0 Å². The van der Waals surface area contributed by atoms with Gasteiger partial charge >= 0.3 is 0 Å². The minimum absolute atomic E-state index is 0.893. The van der Waals surface area contributed by atoms with Gasteiger partial charge in [-0.25, -0.2) is 0 Å². The third-order valence-corrected chi connectivity index (χ3v) is 4.45. The van der Waals surface area contributed by atoms with Gasteiger partial charge in [0.25, 0.3) is 0 Å². The number of hydrogen-bond donors (Lipinski definition) is 2. The summed E-state index contributed by atoms with van der Waals surface area (Å²) in [6.45, 7) is 8.43. The average molecular weight is 307 g/mol. The third kappa shape index (κ3) is 3.40. The molecule has 0 spiro atoms. The highest BCUT2D eigenvalue weighted by molar-refractivity contribution is 5.66. The van der Waals surface area contributed by atoms with Gasteiger partial charge < -0.3 is 16.0 Å². The second-order valence-electron chi connectivity index (χ2n) is 6.20. The molecule has 3 nitrogen and oxygen atoms in total. The van der Waals surface area contributed by atoms with E-state index in [4.69, 9.17) is 5.73 Å². The van der Waals surface area contributed by atoms with Crippen LogP contribution in [0.1, 0.15) is 31.7 Å². The van der Waals surface area contributed by atoms with Gasteiger partial charge in [0.15, 0.2) is 0 Å². The van der Waals surface area contributed by atoms with Gasteiger partial charge in [0.1, 0.15) is 0 Å². The molecule has 1 aromatic carbocycles. The van der Waals surface area contributed by atoms with E-state index >= 15 is 0 Å². The lowest BCUT2D eigenvalue weighted by Gasteiger charge is -2.35. The number of hydrogen-bond acceptors (Lipinski definition) is 3. The molecule has 0 saturated carbocycles. The zero-order valence-corrected chi connectivity index (χ0v) is 13.8. The average Bonchev–Trinajstić information content (AvgIpc) is 2.60. The number of benzene rings is 1. The van der Waals surface area contributed by atoms with Crippen LogP contribution in [0.2, 0.25) is 0 Å². The second kappa shape index (κ2) is 6.88. The van der Waals surface area contributed by atoms with Gasteiger partial charge in [0.05, 0.1) is 5.70 Å². The van der Waals surface area contributed by atoms with Gasteiger partial charge in [-0.05, 0) is 31.4 Å². The lowest BCUT2D eigenvalue weighted by molar-refractivity contribution is 0.530. The fraction of sp³-hybridized carbons (Fsp3) is 0.300. The Morgan fingerprint density at radius 2 is 1.96 bits per heavy atom.